The van der Waals surface area contributed by atoms with Crippen LogP contribution < -0.4 is 5.32 Å². The summed E-state index contributed by atoms with van der Waals surface area (Å²) in [5.41, 5.74) is 0. The molecule has 528 valence electrons. The molecule has 0 aromatic rings. The molecule has 0 aromatic carbocycles. The van der Waals surface area contributed by atoms with Gasteiger partial charge in [0.1, 0.15) is 48.8 Å². The Bertz CT molecular complexity index is 1690. The summed E-state index contributed by atoms with van der Waals surface area (Å²) in [4.78, 5) is 13.4. The van der Waals surface area contributed by atoms with Crippen LogP contribution in [0.3, 0.4) is 0 Å². The zero-order chi connectivity index (χ0) is 65.2. The molecule has 0 radical (unpaired) electrons. The number of aliphatic hydroxyl groups excluding tert-OH is 8. The van der Waals surface area contributed by atoms with Gasteiger partial charge in [-0.3, -0.25) is 4.79 Å². The fraction of sp³-hybridized carbons (Fsp3) is 0.882. The monoisotopic (exact) mass is 1280 g/mol. The zero-order valence-corrected chi connectivity index (χ0v) is 57.6. The van der Waals surface area contributed by atoms with Crippen LogP contribution in [-0.4, -0.2) is 140 Å². The highest BCUT2D eigenvalue weighted by atomic mass is 16.7. The number of hydrogen-bond donors (Lipinski definition) is 9. The lowest BCUT2D eigenvalue weighted by Gasteiger charge is -2.46. The van der Waals surface area contributed by atoms with Gasteiger partial charge in [-0.2, -0.15) is 0 Å². The molecule has 12 atom stereocenters. The van der Waals surface area contributed by atoms with Crippen LogP contribution in [0.4, 0.5) is 0 Å². The van der Waals surface area contributed by atoms with E-state index in [1.807, 2.05) is 6.08 Å². The van der Waals surface area contributed by atoms with Gasteiger partial charge in [0.25, 0.3) is 0 Å². The van der Waals surface area contributed by atoms with E-state index in [1.165, 1.54) is 263 Å². The average molecular weight is 1280 g/mol. The predicted octanol–water partition coefficient (Wildman–Crippen LogP) is 16.2. The van der Waals surface area contributed by atoms with Gasteiger partial charge < -0.3 is 65.1 Å². The summed E-state index contributed by atoms with van der Waals surface area (Å²) in [5.74, 6) is -0.245. The van der Waals surface area contributed by atoms with Crippen molar-refractivity contribution >= 4 is 5.91 Å². The summed E-state index contributed by atoms with van der Waals surface area (Å²) in [7, 11) is 0. The summed E-state index contributed by atoms with van der Waals surface area (Å²) < 4.78 is 22.9. The number of hydrogen-bond acceptors (Lipinski definition) is 13. The van der Waals surface area contributed by atoms with Gasteiger partial charge in [0, 0.05) is 6.42 Å². The normalized spacial score (nSPS) is 23.1. The van der Waals surface area contributed by atoms with E-state index in [1.54, 1.807) is 6.08 Å². The van der Waals surface area contributed by atoms with Crippen LogP contribution in [-0.2, 0) is 23.7 Å². The van der Waals surface area contributed by atoms with Crippen LogP contribution in [0.1, 0.15) is 335 Å². The summed E-state index contributed by atoms with van der Waals surface area (Å²) in [6, 6.07) is -0.934. The number of carbonyl (C=O) groups is 1. The van der Waals surface area contributed by atoms with Crippen LogP contribution in [0.5, 0.6) is 0 Å². The molecule has 2 aliphatic heterocycles. The predicted molar refractivity (Wildman–Crippen MR) is 369 cm³/mol. The molecule has 14 nitrogen and oxygen atoms in total. The standard InChI is InChI=1S/C76H141NO13/c1-3-5-7-9-11-13-15-17-19-21-23-25-27-29-31-32-34-35-37-39-41-43-45-47-49-51-53-55-57-59-65(80)64(63-87-75-73(86)71(84)74(67(62-79)89-75)90-76-72(85)70(83)69(82)66(61-78)88-76)77-68(81)60-58-56-54-52-50-48-46-44-42-40-38-36-33-30-28-26-24-22-20-18-16-14-12-10-8-6-4-2/h16,18,22,24,49,51,57,59,64-67,69-76,78-80,82-86H,3-15,17,19-21,23,25-48,50,52-56,58,60-63H2,1-2H3,(H,77,81)/b18-16-,24-22-,51-49+,59-57+. The average Bonchev–Trinajstić information content (AvgIpc) is 1.41. The van der Waals surface area contributed by atoms with Crippen molar-refractivity contribution in [2.45, 2.75) is 408 Å². The maximum absolute atomic E-state index is 13.4. The third kappa shape index (κ3) is 43.8. The number of allylic oxidation sites excluding steroid dienone is 7. The quantitative estimate of drug-likeness (QED) is 0.0204. The first-order chi connectivity index (χ1) is 44.1. The first-order valence-corrected chi connectivity index (χ1v) is 37.9. The van der Waals surface area contributed by atoms with E-state index in [0.717, 1.165) is 38.5 Å². The molecule has 2 rings (SSSR count). The Morgan fingerprint density at radius 2 is 0.744 bits per heavy atom. The fourth-order valence-electron chi connectivity index (χ4n) is 12.5. The SMILES string of the molecule is CCCCCCC/C=C\C/C=C\CCCCCCCCCCCCCCCCCC(=O)NC(COC1OC(CO)C(OC2OC(CO)C(O)C(O)C2O)C(O)C1O)C(O)/C=C/CC/C=C/CCCCCCCCCCCCCCCCCCCCCCCCC. The highest BCUT2D eigenvalue weighted by Gasteiger charge is 2.51. The van der Waals surface area contributed by atoms with Gasteiger partial charge in [-0.1, -0.05) is 313 Å². The van der Waals surface area contributed by atoms with E-state index in [-0.39, 0.29) is 18.9 Å². The lowest BCUT2D eigenvalue weighted by Crippen LogP contribution is -2.65. The van der Waals surface area contributed by atoms with Crippen molar-refractivity contribution in [1.29, 1.82) is 0 Å². The second-order valence-corrected chi connectivity index (χ2v) is 26.8. The molecule has 90 heavy (non-hydrogen) atoms. The molecule has 0 bridgehead atoms. The van der Waals surface area contributed by atoms with E-state index in [4.69, 9.17) is 18.9 Å². The minimum absolute atomic E-state index is 0.245. The number of ether oxygens (including phenoxy) is 4. The van der Waals surface area contributed by atoms with Crippen molar-refractivity contribution in [3.63, 3.8) is 0 Å². The Labute approximate surface area is 550 Å². The van der Waals surface area contributed by atoms with Crippen molar-refractivity contribution in [3.8, 4) is 0 Å². The molecule has 9 N–H and O–H groups in total. The molecule has 0 aromatic heterocycles. The van der Waals surface area contributed by atoms with Gasteiger partial charge in [0.2, 0.25) is 5.91 Å². The molecule has 2 fully saturated rings. The Hall–Kier alpha value is -2.05. The van der Waals surface area contributed by atoms with Crippen LogP contribution in [0.15, 0.2) is 48.6 Å². The molecular weight excluding hydrogens is 1130 g/mol. The number of carbonyl (C=O) groups excluding carboxylic acids is 1. The van der Waals surface area contributed by atoms with E-state index in [0.29, 0.717) is 12.8 Å². The smallest absolute Gasteiger partial charge is 0.220 e. The molecular formula is C76H141NO13. The van der Waals surface area contributed by atoms with Gasteiger partial charge in [0.15, 0.2) is 12.6 Å². The van der Waals surface area contributed by atoms with E-state index in [9.17, 15) is 45.6 Å². The molecule has 0 saturated carbocycles. The van der Waals surface area contributed by atoms with E-state index in [2.05, 4.69) is 55.6 Å². The van der Waals surface area contributed by atoms with Gasteiger partial charge in [0.05, 0.1) is 32.0 Å². The van der Waals surface area contributed by atoms with Crippen molar-refractivity contribution < 1.29 is 64.6 Å². The number of amides is 1. The third-order valence-corrected chi connectivity index (χ3v) is 18.5. The lowest BCUT2D eigenvalue weighted by molar-refractivity contribution is -0.359. The molecule has 0 spiro atoms. The van der Waals surface area contributed by atoms with Gasteiger partial charge in [-0.15, -0.1) is 0 Å². The minimum Gasteiger partial charge on any atom is -0.394 e. The van der Waals surface area contributed by atoms with Crippen LogP contribution in [0.2, 0.25) is 0 Å². The molecule has 12 unspecified atom stereocenters. The Kier molecular flexibility index (Phi) is 56.6. The van der Waals surface area contributed by atoms with Crippen molar-refractivity contribution in [2.24, 2.45) is 0 Å². The topological polar surface area (TPSA) is 228 Å². The summed E-state index contributed by atoms with van der Waals surface area (Å²) in [6.45, 7) is 2.82. The van der Waals surface area contributed by atoms with E-state index >= 15 is 0 Å². The lowest BCUT2D eigenvalue weighted by atomic mass is 9.97. The number of nitrogens with one attached hydrogen (secondary N) is 1. The summed E-state index contributed by atoms with van der Waals surface area (Å²) >= 11 is 0. The van der Waals surface area contributed by atoms with Gasteiger partial charge in [-0.05, 0) is 64.2 Å². The molecule has 0 aliphatic carbocycles. The molecule has 1 amide bonds. The van der Waals surface area contributed by atoms with E-state index < -0.39 is 86.8 Å². The van der Waals surface area contributed by atoms with Crippen LogP contribution in [0, 0.1) is 0 Å². The highest BCUT2D eigenvalue weighted by Crippen LogP contribution is 2.30. The Morgan fingerprint density at radius 3 is 1.16 bits per heavy atom. The fourth-order valence-corrected chi connectivity index (χ4v) is 12.5. The minimum atomic E-state index is -1.79. The van der Waals surface area contributed by atoms with Gasteiger partial charge in [-0.25, -0.2) is 0 Å². The molecule has 14 heteroatoms. The van der Waals surface area contributed by atoms with Crippen molar-refractivity contribution in [3.05, 3.63) is 48.6 Å². The number of aliphatic hydroxyl groups is 8. The van der Waals surface area contributed by atoms with Crippen molar-refractivity contribution in [1.82, 2.24) is 5.32 Å². The molecule has 2 aliphatic rings. The largest absolute Gasteiger partial charge is 0.394 e. The number of unbranched alkanes of at least 4 members (excludes halogenated alkanes) is 44. The van der Waals surface area contributed by atoms with Crippen LogP contribution in [0.25, 0.3) is 0 Å². The summed E-state index contributed by atoms with van der Waals surface area (Å²) in [6.07, 6.45) is 63.2. The first kappa shape index (κ1) is 84.0. The second-order valence-electron chi connectivity index (χ2n) is 26.8. The third-order valence-electron chi connectivity index (χ3n) is 18.5. The molecule has 2 heterocycles. The summed E-state index contributed by atoms with van der Waals surface area (Å²) in [5, 5.41) is 87.5. The Balaban J connectivity index is 1.66. The Morgan fingerprint density at radius 1 is 0.400 bits per heavy atom. The first-order valence-electron chi connectivity index (χ1n) is 37.9. The maximum Gasteiger partial charge on any atom is 0.220 e. The zero-order valence-electron chi connectivity index (χ0n) is 57.6. The van der Waals surface area contributed by atoms with Gasteiger partial charge >= 0.3 is 0 Å². The highest BCUT2D eigenvalue weighted by molar-refractivity contribution is 5.76. The number of rotatable bonds is 63. The van der Waals surface area contributed by atoms with Crippen LogP contribution >= 0.6 is 0 Å². The van der Waals surface area contributed by atoms with Crippen molar-refractivity contribution in [2.75, 3.05) is 19.8 Å². The molecule has 2 saturated heterocycles. The maximum atomic E-state index is 13.4. The second kappa shape index (κ2) is 60.6.